The summed E-state index contributed by atoms with van der Waals surface area (Å²) in [4.78, 5) is 10.9. The molecule has 0 saturated heterocycles. The predicted octanol–water partition coefficient (Wildman–Crippen LogP) is 2.44. The molecule has 1 aromatic rings. The van der Waals surface area contributed by atoms with Gasteiger partial charge in [0.05, 0.1) is 13.5 Å². The van der Waals surface area contributed by atoms with E-state index in [1.807, 2.05) is 0 Å². The molecule has 0 aliphatic rings. The van der Waals surface area contributed by atoms with Crippen LogP contribution in [0, 0.1) is 5.82 Å². The predicted molar refractivity (Wildman–Crippen MR) is 48.8 cm³/mol. The molecule has 0 fully saturated rings. The smallest absolute Gasteiger partial charge is 0.469 e. The second-order valence-corrected chi connectivity index (χ2v) is 3.10. The monoisotopic (exact) mass is 252 g/mol. The third kappa shape index (κ3) is 4.71. The minimum Gasteiger partial charge on any atom is -0.469 e. The molecule has 0 spiro atoms. The number of carbonyl (C=O) groups excluding carboxylic acids is 1. The largest absolute Gasteiger partial charge is 0.573 e. The fraction of sp³-hybridized carbons (Fsp3) is 0.300. The number of halogens is 4. The molecule has 3 nitrogen and oxygen atoms in total. The number of rotatable bonds is 3. The lowest BCUT2D eigenvalue weighted by atomic mass is 10.1. The Labute approximate surface area is 93.9 Å². The van der Waals surface area contributed by atoms with Crippen LogP contribution >= 0.6 is 0 Å². The van der Waals surface area contributed by atoms with E-state index in [0.717, 1.165) is 19.2 Å². The van der Waals surface area contributed by atoms with Gasteiger partial charge in [0, 0.05) is 6.07 Å². The van der Waals surface area contributed by atoms with Crippen molar-refractivity contribution in [2.24, 2.45) is 0 Å². The van der Waals surface area contributed by atoms with Crippen molar-refractivity contribution in [3.8, 4) is 5.75 Å². The van der Waals surface area contributed by atoms with Gasteiger partial charge >= 0.3 is 12.3 Å². The zero-order valence-corrected chi connectivity index (χ0v) is 8.68. The Bertz CT molecular complexity index is 415. The van der Waals surface area contributed by atoms with Crippen LogP contribution in [0.15, 0.2) is 18.2 Å². The van der Waals surface area contributed by atoms with E-state index in [9.17, 15) is 22.4 Å². The molecule has 1 rings (SSSR count). The van der Waals surface area contributed by atoms with Crippen molar-refractivity contribution in [1.29, 1.82) is 0 Å². The van der Waals surface area contributed by atoms with Crippen molar-refractivity contribution in [3.05, 3.63) is 29.6 Å². The van der Waals surface area contributed by atoms with Gasteiger partial charge in [-0.2, -0.15) is 0 Å². The van der Waals surface area contributed by atoms with Crippen LogP contribution in [0.3, 0.4) is 0 Å². The van der Waals surface area contributed by atoms with Gasteiger partial charge < -0.3 is 9.47 Å². The van der Waals surface area contributed by atoms with Gasteiger partial charge in [-0.3, -0.25) is 4.79 Å². The maximum Gasteiger partial charge on any atom is 0.573 e. The molecule has 17 heavy (non-hydrogen) atoms. The summed E-state index contributed by atoms with van der Waals surface area (Å²) in [6.07, 6.45) is -5.24. The molecular weight excluding hydrogens is 244 g/mol. The molecule has 0 bridgehead atoms. The van der Waals surface area contributed by atoms with E-state index in [-0.39, 0.29) is 12.0 Å². The molecule has 0 radical (unpaired) electrons. The van der Waals surface area contributed by atoms with Crippen molar-refractivity contribution < 1.29 is 31.8 Å². The zero-order chi connectivity index (χ0) is 13.1. The summed E-state index contributed by atoms with van der Waals surface area (Å²) < 4.78 is 56.5. The van der Waals surface area contributed by atoms with Crippen LogP contribution in [-0.4, -0.2) is 19.4 Å². The van der Waals surface area contributed by atoms with Gasteiger partial charge in [-0.15, -0.1) is 13.2 Å². The first-order chi connectivity index (χ1) is 7.80. The van der Waals surface area contributed by atoms with E-state index in [0.29, 0.717) is 6.07 Å². The van der Waals surface area contributed by atoms with Crippen molar-refractivity contribution in [3.63, 3.8) is 0 Å². The lowest BCUT2D eigenvalue weighted by Crippen LogP contribution is -2.17. The molecule has 0 N–H and O–H groups in total. The van der Waals surface area contributed by atoms with Crippen LogP contribution in [0.25, 0.3) is 0 Å². The highest BCUT2D eigenvalue weighted by Gasteiger charge is 2.31. The second kappa shape index (κ2) is 5.03. The highest BCUT2D eigenvalue weighted by Crippen LogP contribution is 2.24. The summed E-state index contributed by atoms with van der Waals surface area (Å²) in [5.41, 5.74) is 0.0381. The van der Waals surface area contributed by atoms with E-state index < -0.39 is 23.9 Å². The summed E-state index contributed by atoms with van der Waals surface area (Å²) in [5, 5.41) is 0. The normalized spacial score (nSPS) is 11.1. The molecule has 94 valence electrons. The number of esters is 1. The van der Waals surface area contributed by atoms with Gasteiger partial charge in [-0.1, -0.05) is 0 Å². The second-order valence-electron chi connectivity index (χ2n) is 3.10. The molecule has 0 heterocycles. The first-order valence-electron chi connectivity index (χ1n) is 4.42. The summed E-state index contributed by atoms with van der Waals surface area (Å²) in [6.45, 7) is 0. The SMILES string of the molecule is COC(=O)Cc1cc(F)cc(OC(F)(F)F)c1. The molecule has 0 aromatic heterocycles. The summed E-state index contributed by atoms with van der Waals surface area (Å²) in [5.74, 6) is -2.32. The van der Waals surface area contributed by atoms with E-state index in [1.165, 1.54) is 0 Å². The molecular formula is C10H8F4O3. The lowest BCUT2D eigenvalue weighted by Gasteiger charge is -2.10. The molecule has 0 amide bonds. The average Bonchev–Trinajstić information content (AvgIpc) is 2.13. The summed E-state index contributed by atoms with van der Waals surface area (Å²) >= 11 is 0. The molecule has 7 heteroatoms. The van der Waals surface area contributed by atoms with Crippen molar-refractivity contribution in [2.75, 3.05) is 7.11 Å². The van der Waals surface area contributed by atoms with E-state index in [1.54, 1.807) is 0 Å². The molecule has 0 aliphatic carbocycles. The minimum atomic E-state index is -4.91. The summed E-state index contributed by atoms with van der Waals surface area (Å²) in [7, 11) is 1.12. The first kappa shape index (κ1) is 13.3. The van der Waals surface area contributed by atoms with Gasteiger partial charge in [-0.05, 0) is 17.7 Å². The van der Waals surface area contributed by atoms with Gasteiger partial charge in [-0.25, -0.2) is 4.39 Å². The van der Waals surface area contributed by atoms with E-state index in [4.69, 9.17) is 0 Å². The molecule has 0 aliphatic heterocycles. The van der Waals surface area contributed by atoms with Crippen molar-refractivity contribution in [2.45, 2.75) is 12.8 Å². The Kier molecular flexibility index (Phi) is 3.93. The van der Waals surface area contributed by atoms with E-state index in [2.05, 4.69) is 9.47 Å². The maximum absolute atomic E-state index is 13.0. The third-order valence-corrected chi connectivity index (χ3v) is 1.74. The van der Waals surface area contributed by atoms with Gasteiger partial charge in [0.15, 0.2) is 0 Å². The number of hydrogen-bond donors (Lipinski definition) is 0. The van der Waals surface area contributed by atoms with Crippen LogP contribution < -0.4 is 4.74 Å². The Hall–Kier alpha value is -1.79. The van der Waals surface area contributed by atoms with Crippen molar-refractivity contribution >= 4 is 5.97 Å². The fourth-order valence-corrected chi connectivity index (χ4v) is 1.15. The molecule has 0 atom stereocenters. The van der Waals surface area contributed by atoms with Gasteiger partial charge in [0.2, 0.25) is 0 Å². The van der Waals surface area contributed by atoms with Crippen LogP contribution in [-0.2, 0) is 16.0 Å². The van der Waals surface area contributed by atoms with Gasteiger partial charge in [0.25, 0.3) is 0 Å². The Morgan fingerprint density at radius 2 is 1.94 bits per heavy atom. The number of alkyl halides is 3. The molecule has 0 saturated carbocycles. The van der Waals surface area contributed by atoms with Gasteiger partial charge in [0.1, 0.15) is 11.6 Å². The quantitative estimate of drug-likeness (QED) is 0.612. The zero-order valence-electron chi connectivity index (χ0n) is 8.68. The van der Waals surface area contributed by atoms with Crippen LogP contribution in [0.2, 0.25) is 0 Å². The van der Waals surface area contributed by atoms with Crippen LogP contribution in [0.5, 0.6) is 5.75 Å². The minimum absolute atomic E-state index is 0.0381. The Morgan fingerprint density at radius 3 is 2.47 bits per heavy atom. The van der Waals surface area contributed by atoms with E-state index >= 15 is 0 Å². The van der Waals surface area contributed by atoms with Crippen LogP contribution in [0.1, 0.15) is 5.56 Å². The summed E-state index contributed by atoms with van der Waals surface area (Å²) in [6, 6.07) is 2.43. The van der Waals surface area contributed by atoms with Crippen molar-refractivity contribution in [1.82, 2.24) is 0 Å². The maximum atomic E-state index is 13.0. The average molecular weight is 252 g/mol. The molecule has 0 unspecified atom stereocenters. The highest BCUT2D eigenvalue weighted by atomic mass is 19.4. The van der Waals surface area contributed by atoms with Crippen LogP contribution in [0.4, 0.5) is 17.6 Å². The Balaban J connectivity index is 2.90. The number of ether oxygens (including phenoxy) is 2. The topological polar surface area (TPSA) is 35.5 Å². The number of benzene rings is 1. The third-order valence-electron chi connectivity index (χ3n) is 1.74. The highest BCUT2D eigenvalue weighted by molar-refractivity contribution is 5.72. The lowest BCUT2D eigenvalue weighted by molar-refractivity contribution is -0.274. The molecule has 1 aromatic carbocycles. The first-order valence-corrected chi connectivity index (χ1v) is 4.42. The number of carbonyl (C=O) groups is 1. The number of hydrogen-bond acceptors (Lipinski definition) is 3. The standard InChI is InChI=1S/C10H8F4O3/c1-16-9(15)4-6-2-7(11)5-8(3-6)17-10(12,13)14/h2-3,5H,4H2,1H3. The fourth-order valence-electron chi connectivity index (χ4n) is 1.15. The Morgan fingerprint density at radius 1 is 1.29 bits per heavy atom. The number of methoxy groups -OCH3 is 1.